The molecule has 0 fully saturated rings. The number of aromatic nitrogens is 1. The normalized spacial score (nSPS) is 11.1. The second-order valence-electron chi connectivity index (χ2n) is 7.01. The van der Waals surface area contributed by atoms with Gasteiger partial charge in [0.1, 0.15) is 11.5 Å². The van der Waals surface area contributed by atoms with Crippen LogP contribution in [0.1, 0.15) is 15.2 Å². The van der Waals surface area contributed by atoms with Gasteiger partial charge in [-0.25, -0.2) is 0 Å². The van der Waals surface area contributed by atoms with Gasteiger partial charge < -0.3 is 15.2 Å². The minimum atomic E-state index is -0.0429. The molecule has 2 heterocycles. The van der Waals surface area contributed by atoms with Crippen molar-refractivity contribution in [2.75, 3.05) is 0 Å². The molecule has 30 heavy (non-hydrogen) atoms. The van der Waals surface area contributed by atoms with Gasteiger partial charge in [0, 0.05) is 39.2 Å². The molecule has 0 saturated carbocycles. The molecule has 0 amide bonds. The molecule has 0 atom stereocenters. The van der Waals surface area contributed by atoms with E-state index in [1.165, 1.54) is 11.3 Å². The summed E-state index contributed by atoms with van der Waals surface area (Å²) in [5, 5.41) is 20.8. The lowest BCUT2D eigenvalue weighted by Crippen LogP contribution is -2.00. The highest BCUT2D eigenvalue weighted by Gasteiger charge is 2.21. The minimum absolute atomic E-state index is 0.0429. The maximum atomic E-state index is 13.3. The van der Waals surface area contributed by atoms with Gasteiger partial charge in [0.25, 0.3) is 0 Å². The Labute approximate surface area is 176 Å². The molecule has 5 heteroatoms. The molecule has 3 N–H and O–H groups in total. The zero-order valence-corrected chi connectivity index (χ0v) is 16.6. The smallest absolute Gasteiger partial charge is 0.203 e. The molecule has 3 aromatic carbocycles. The summed E-state index contributed by atoms with van der Waals surface area (Å²) in [6, 6.07) is 22.2. The van der Waals surface area contributed by atoms with Crippen LogP contribution in [0.2, 0.25) is 0 Å². The van der Waals surface area contributed by atoms with E-state index < -0.39 is 0 Å². The van der Waals surface area contributed by atoms with Gasteiger partial charge in [0.2, 0.25) is 5.78 Å². The summed E-state index contributed by atoms with van der Waals surface area (Å²) in [5.74, 6) is 0.324. The topological polar surface area (TPSA) is 73.3 Å². The molecule has 0 saturated heterocycles. The monoisotopic (exact) mass is 411 g/mol. The first-order valence-electron chi connectivity index (χ1n) is 9.43. The Morgan fingerprint density at radius 2 is 1.57 bits per heavy atom. The fourth-order valence-corrected chi connectivity index (χ4v) is 4.88. The summed E-state index contributed by atoms with van der Waals surface area (Å²) < 4.78 is 0.858. The van der Waals surface area contributed by atoms with Crippen LogP contribution in [0.25, 0.3) is 32.3 Å². The van der Waals surface area contributed by atoms with Crippen molar-refractivity contribution in [1.29, 1.82) is 0 Å². The van der Waals surface area contributed by atoms with Crippen LogP contribution in [0.3, 0.4) is 0 Å². The number of phenolic OH excluding ortho intramolecular Hbond substituents is 1. The molecular formula is C25H17NO3S. The van der Waals surface area contributed by atoms with Crippen LogP contribution >= 0.6 is 11.3 Å². The van der Waals surface area contributed by atoms with Crippen LogP contribution in [0.4, 0.5) is 0 Å². The van der Waals surface area contributed by atoms with Crippen LogP contribution in [0.15, 0.2) is 85.2 Å². The Hall–Kier alpha value is -3.83. The highest BCUT2D eigenvalue weighted by atomic mass is 32.1. The number of benzene rings is 3. The average Bonchev–Trinajstić information content (AvgIpc) is 3.37. The van der Waals surface area contributed by atoms with Gasteiger partial charge in [-0.2, -0.15) is 0 Å². The molecule has 5 rings (SSSR count). The molecule has 0 aliphatic carbocycles. The highest BCUT2D eigenvalue weighted by Crippen LogP contribution is 2.42. The first kappa shape index (κ1) is 18.2. The fraction of sp³-hybridized carbons (Fsp3) is 0. The number of hydrogen-bond acceptors (Lipinski definition) is 4. The van der Waals surface area contributed by atoms with Crippen LogP contribution in [-0.2, 0) is 0 Å². The van der Waals surface area contributed by atoms with E-state index in [-0.39, 0.29) is 17.3 Å². The summed E-state index contributed by atoms with van der Waals surface area (Å²) in [6.07, 6.45) is 3.29. The van der Waals surface area contributed by atoms with E-state index in [9.17, 15) is 15.0 Å². The van der Waals surface area contributed by atoms with Gasteiger partial charge >= 0.3 is 0 Å². The van der Waals surface area contributed by atoms with Crippen molar-refractivity contribution in [3.63, 3.8) is 0 Å². The van der Waals surface area contributed by atoms with E-state index in [4.69, 9.17) is 0 Å². The van der Waals surface area contributed by atoms with Gasteiger partial charge in [0.05, 0.1) is 4.88 Å². The van der Waals surface area contributed by atoms with Crippen LogP contribution < -0.4 is 0 Å². The number of rotatable bonds is 4. The molecular weight excluding hydrogens is 394 g/mol. The molecule has 4 nitrogen and oxygen atoms in total. The van der Waals surface area contributed by atoms with Crippen molar-refractivity contribution >= 4 is 27.2 Å². The Morgan fingerprint density at radius 1 is 0.833 bits per heavy atom. The predicted octanol–water partition coefficient (Wildman–Crippen LogP) is 6.21. The number of thiophene rings is 1. The summed E-state index contributed by atoms with van der Waals surface area (Å²) >= 11 is 1.39. The number of nitrogens with one attached hydrogen (secondary N) is 1. The highest BCUT2D eigenvalue weighted by molar-refractivity contribution is 7.21. The molecule has 0 bridgehead atoms. The molecule has 0 aliphatic heterocycles. The Balaban J connectivity index is 1.68. The van der Waals surface area contributed by atoms with Gasteiger partial charge in [-0.1, -0.05) is 54.6 Å². The Morgan fingerprint density at radius 3 is 2.27 bits per heavy atom. The van der Waals surface area contributed by atoms with E-state index in [0.29, 0.717) is 10.4 Å². The number of phenols is 1. The summed E-state index contributed by atoms with van der Waals surface area (Å²) in [7, 11) is 0. The Kier molecular flexibility index (Phi) is 4.38. The maximum Gasteiger partial charge on any atom is 0.203 e. The maximum absolute atomic E-state index is 13.3. The number of carbonyl (C=O) groups excluding carboxylic acids is 1. The number of hydrogen-bond donors (Lipinski definition) is 3. The van der Waals surface area contributed by atoms with Gasteiger partial charge in [-0.3, -0.25) is 4.79 Å². The van der Waals surface area contributed by atoms with E-state index in [2.05, 4.69) is 4.98 Å². The molecule has 5 aromatic rings. The molecule has 146 valence electrons. The summed E-state index contributed by atoms with van der Waals surface area (Å²) in [4.78, 5) is 16.8. The third-order valence-corrected chi connectivity index (χ3v) is 6.28. The number of H-pyrrole nitrogens is 1. The minimum Gasteiger partial charge on any atom is -0.508 e. The van der Waals surface area contributed by atoms with Gasteiger partial charge in [-0.15, -0.1) is 11.3 Å². The number of aromatic amines is 1. The van der Waals surface area contributed by atoms with E-state index in [1.807, 2.05) is 60.7 Å². The molecule has 0 unspecified atom stereocenters. The van der Waals surface area contributed by atoms with Crippen molar-refractivity contribution in [3.8, 4) is 33.8 Å². The summed E-state index contributed by atoms with van der Waals surface area (Å²) in [6.45, 7) is 0. The van der Waals surface area contributed by atoms with Crippen molar-refractivity contribution in [2.45, 2.75) is 0 Å². The fourth-order valence-electron chi connectivity index (χ4n) is 3.66. The average molecular weight is 411 g/mol. The zero-order valence-electron chi connectivity index (χ0n) is 15.8. The van der Waals surface area contributed by atoms with E-state index in [0.717, 1.165) is 32.3 Å². The lowest BCUT2D eigenvalue weighted by molar-refractivity contribution is 0.104. The second-order valence-corrected chi connectivity index (χ2v) is 8.07. The van der Waals surface area contributed by atoms with Crippen molar-refractivity contribution in [1.82, 2.24) is 4.98 Å². The molecule has 0 spiro atoms. The lowest BCUT2D eigenvalue weighted by atomic mass is 9.96. The van der Waals surface area contributed by atoms with Crippen molar-refractivity contribution in [3.05, 3.63) is 95.6 Å². The summed E-state index contributed by atoms with van der Waals surface area (Å²) in [5.41, 5.74) is 4.00. The Bertz CT molecular complexity index is 1370. The number of fused-ring (bicyclic) bond motifs is 1. The predicted molar refractivity (Wildman–Crippen MR) is 120 cm³/mol. The SMILES string of the molecule is O=C(c1ccccc1)c1sc2cc(O)ccc2c1-c1ccc(-c2c[nH]cc2O)cc1. The standard InChI is InChI=1S/C25H17NO3S/c27-18-10-11-19-22(12-18)30-25(24(29)17-4-2-1-3-5-17)23(19)16-8-6-15(7-9-16)20-13-26-14-21(20)28/h1-14,26-28H. The largest absolute Gasteiger partial charge is 0.508 e. The number of carbonyl (C=O) groups is 1. The number of aromatic hydroxyl groups is 2. The molecule has 2 aromatic heterocycles. The van der Waals surface area contributed by atoms with Gasteiger partial charge in [0.15, 0.2) is 0 Å². The quantitative estimate of drug-likeness (QED) is 0.308. The lowest BCUT2D eigenvalue weighted by Gasteiger charge is -2.07. The molecule has 0 radical (unpaired) electrons. The number of ketones is 1. The van der Waals surface area contributed by atoms with Crippen molar-refractivity contribution in [2.24, 2.45) is 0 Å². The third kappa shape index (κ3) is 3.06. The van der Waals surface area contributed by atoms with Crippen LogP contribution in [0, 0.1) is 0 Å². The second kappa shape index (κ2) is 7.21. The van der Waals surface area contributed by atoms with Crippen LogP contribution in [0.5, 0.6) is 11.5 Å². The first-order valence-corrected chi connectivity index (χ1v) is 10.3. The van der Waals surface area contributed by atoms with E-state index in [1.54, 1.807) is 24.5 Å². The zero-order chi connectivity index (χ0) is 20.7. The van der Waals surface area contributed by atoms with Crippen LogP contribution in [-0.4, -0.2) is 21.0 Å². The van der Waals surface area contributed by atoms with E-state index >= 15 is 0 Å². The van der Waals surface area contributed by atoms with Gasteiger partial charge in [-0.05, 0) is 29.3 Å². The molecule has 0 aliphatic rings. The van der Waals surface area contributed by atoms with Crippen molar-refractivity contribution < 1.29 is 15.0 Å². The third-order valence-electron chi connectivity index (χ3n) is 5.12. The first-order chi connectivity index (χ1) is 14.6.